The van der Waals surface area contributed by atoms with E-state index < -0.39 is 34.3 Å². The van der Waals surface area contributed by atoms with Crippen LogP contribution in [0.5, 0.6) is 0 Å². The molecule has 1 aliphatic heterocycles. The molecule has 0 fully saturated rings. The lowest BCUT2D eigenvalue weighted by Crippen LogP contribution is -2.43. The van der Waals surface area contributed by atoms with Crippen LogP contribution in [0.15, 0.2) is 47.2 Å². The molecule has 1 heterocycles. The number of rotatable bonds is 1. The van der Waals surface area contributed by atoms with Gasteiger partial charge in [-0.2, -0.15) is 29.0 Å². The minimum atomic E-state index is -4.85. The van der Waals surface area contributed by atoms with Gasteiger partial charge in [-0.25, -0.2) is 0 Å². The van der Waals surface area contributed by atoms with Gasteiger partial charge in [0.2, 0.25) is 5.60 Å². The van der Waals surface area contributed by atoms with Gasteiger partial charge in [0.05, 0.1) is 0 Å². The van der Waals surface area contributed by atoms with Crippen LogP contribution >= 0.6 is 0 Å². The number of nitrogens with zero attached hydrogens (tertiary/aromatic N) is 3. The number of alkyl halides is 3. The first-order valence-corrected chi connectivity index (χ1v) is 6.31. The minimum absolute atomic E-state index is 0.133. The number of ether oxygens (including phenoxy) is 1. The molecule has 1 aromatic rings. The van der Waals surface area contributed by atoms with Crippen molar-refractivity contribution in [2.24, 2.45) is 0 Å². The normalized spacial score (nSPS) is 20.3. The van der Waals surface area contributed by atoms with Crippen molar-refractivity contribution in [3.8, 4) is 18.2 Å². The van der Waals surface area contributed by atoms with E-state index in [0.29, 0.717) is 0 Å². The van der Waals surface area contributed by atoms with Crippen molar-refractivity contribution >= 4 is 5.57 Å². The highest BCUT2D eigenvalue weighted by Gasteiger charge is 2.61. The second-order valence-corrected chi connectivity index (χ2v) is 4.79. The Labute approximate surface area is 129 Å². The van der Waals surface area contributed by atoms with Crippen LogP contribution < -0.4 is 0 Å². The summed E-state index contributed by atoms with van der Waals surface area (Å²) in [6, 6.07) is 12.0. The number of hydrogen-bond donors (Lipinski definition) is 0. The average molecular weight is 315 g/mol. The third-order valence-corrected chi connectivity index (χ3v) is 3.43. The maximum atomic E-state index is 13.6. The maximum absolute atomic E-state index is 13.6. The molecule has 23 heavy (non-hydrogen) atoms. The van der Waals surface area contributed by atoms with E-state index in [2.05, 4.69) is 0 Å². The van der Waals surface area contributed by atoms with Crippen LogP contribution in [-0.2, 0) is 4.74 Å². The van der Waals surface area contributed by atoms with Crippen molar-refractivity contribution in [3.05, 3.63) is 52.8 Å². The van der Waals surface area contributed by atoms with Crippen LogP contribution in [0, 0.1) is 34.0 Å². The predicted molar refractivity (Wildman–Crippen MR) is 72.8 cm³/mol. The molecule has 0 saturated carbocycles. The van der Waals surface area contributed by atoms with E-state index in [4.69, 9.17) is 15.3 Å². The summed E-state index contributed by atoms with van der Waals surface area (Å²) < 4.78 is 45.7. The predicted octanol–water partition coefficient (Wildman–Crippen LogP) is 3.62. The Hall–Kier alpha value is -3.24. The highest BCUT2D eigenvalue weighted by atomic mass is 19.4. The smallest absolute Gasteiger partial charge is 0.432 e. The van der Waals surface area contributed by atoms with E-state index in [1.54, 1.807) is 12.1 Å². The number of benzene rings is 1. The van der Waals surface area contributed by atoms with Gasteiger partial charge in [-0.1, -0.05) is 30.3 Å². The highest BCUT2D eigenvalue weighted by Crippen LogP contribution is 2.52. The Balaban J connectivity index is 2.90. The highest BCUT2D eigenvalue weighted by molar-refractivity contribution is 5.85. The van der Waals surface area contributed by atoms with Crippen LogP contribution in [0.1, 0.15) is 12.5 Å². The zero-order valence-corrected chi connectivity index (χ0v) is 11.8. The Morgan fingerprint density at radius 3 is 2.09 bits per heavy atom. The number of hydrogen-bond acceptors (Lipinski definition) is 4. The molecule has 1 atom stereocenters. The summed E-state index contributed by atoms with van der Waals surface area (Å²) in [6.07, 6.45) is -4.85. The molecule has 0 radical (unpaired) electrons. The van der Waals surface area contributed by atoms with Gasteiger partial charge >= 0.3 is 6.18 Å². The first-order valence-electron chi connectivity index (χ1n) is 6.31. The fraction of sp³-hybridized carbons (Fsp3) is 0.188. The van der Waals surface area contributed by atoms with Crippen LogP contribution in [0.2, 0.25) is 0 Å². The van der Waals surface area contributed by atoms with Crippen LogP contribution in [0.3, 0.4) is 0 Å². The van der Waals surface area contributed by atoms with Gasteiger partial charge in [-0.15, -0.1) is 0 Å². The van der Waals surface area contributed by atoms with Crippen LogP contribution in [-0.4, -0.2) is 11.8 Å². The summed E-state index contributed by atoms with van der Waals surface area (Å²) in [7, 11) is 0. The molecule has 0 aromatic heterocycles. The minimum Gasteiger partial charge on any atom is -0.470 e. The summed E-state index contributed by atoms with van der Waals surface area (Å²) >= 11 is 0. The SMILES string of the molecule is CC1(C(F)(F)F)OC(=C(C#N)C#N)C(C#N)=C1c1ccccc1. The average Bonchev–Trinajstić information content (AvgIpc) is 2.83. The molecule has 0 aliphatic carbocycles. The van der Waals surface area contributed by atoms with E-state index in [0.717, 1.165) is 6.92 Å². The summed E-state index contributed by atoms with van der Waals surface area (Å²) in [6.45, 7) is 0.770. The monoisotopic (exact) mass is 315 g/mol. The quantitative estimate of drug-likeness (QED) is 0.741. The lowest BCUT2D eigenvalue weighted by atomic mass is 9.87. The maximum Gasteiger partial charge on any atom is 0.432 e. The zero-order chi connectivity index (χ0) is 17.3. The van der Waals surface area contributed by atoms with Crippen molar-refractivity contribution < 1.29 is 17.9 Å². The van der Waals surface area contributed by atoms with Gasteiger partial charge in [0, 0.05) is 5.57 Å². The molecule has 0 amide bonds. The lowest BCUT2D eigenvalue weighted by molar-refractivity contribution is -0.229. The van der Waals surface area contributed by atoms with Crippen molar-refractivity contribution in [1.29, 1.82) is 15.8 Å². The first-order chi connectivity index (χ1) is 10.8. The lowest BCUT2D eigenvalue weighted by Gasteiger charge is -2.30. The molecule has 0 spiro atoms. The summed E-state index contributed by atoms with van der Waals surface area (Å²) in [5.74, 6) is -0.642. The van der Waals surface area contributed by atoms with Crippen molar-refractivity contribution in [1.82, 2.24) is 0 Å². The topological polar surface area (TPSA) is 80.6 Å². The molecule has 114 valence electrons. The van der Waals surface area contributed by atoms with Gasteiger partial charge < -0.3 is 4.74 Å². The Morgan fingerprint density at radius 1 is 1.09 bits per heavy atom. The van der Waals surface area contributed by atoms with Crippen LogP contribution in [0.4, 0.5) is 13.2 Å². The summed E-state index contributed by atoms with van der Waals surface area (Å²) in [5, 5.41) is 27.1. The van der Waals surface area contributed by atoms with Crippen molar-refractivity contribution in [2.45, 2.75) is 18.7 Å². The fourth-order valence-corrected chi connectivity index (χ4v) is 2.29. The Bertz CT molecular complexity index is 817. The fourth-order valence-electron chi connectivity index (χ4n) is 2.29. The number of allylic oxidation sites excluding steroid dienone is 2. The third-order valence-electron chi connectivity index (χ3n) is 3.43. The van der Waals surface area contributed by atoms with Gasteiger partial charge in [0.25, 0.3) is 0 Å². The molecule has 7 heteroatoms. The molecule has 0 bridgehead atoms. The Morgan fingerprint density at radius 2 is 1.65 bits per heavy atom. The summed E-state index contributed by atoms with van der Waals surface area (Å²) in [4.78, 5) is 0. The second-order valence-electron chi connectivity index (χ2n) is 4.79. The molecule has 1 unspecified atom stereocenters. The molecule has 1 aromatic carbocycles. The second kappa shape index (κ2) is 5.51. The van der Waals surface area contributed by atoms with E-state index in [1.807, 2.05) is 0 Å². The molecule has 2 rings (SSSR count). The van der Waals surface area contributed by atoms with E-state index >= 15 is 0 Å². The van der Waals surface area contributed by atoms with Crippen molar-refractivity contribution in [3.63, 3.8) is 0 Å². The standard InChI is InChI=1S/C16H8F3N3O/c1-15(16(17,18)19)13(10-5-3-2-4-6-10)12(9-22)14(23-15)11(7-20)8-21/h2-6H,1H3. The molecule has 0 N–H and O–H groups in total. The van der Waals surface area contributed by atoms with E-state index in [1.165, 1.54) is 36.4 Å². The molecular weight excluding hydrogens is 307 g/mol. The van der Waals surface area contributed by atoms with E-state index in [-0.39, 0.29) is 5.56 Å². The van der Waals surface area contributed by atoms with Gasteiger partial charge in [-0.05, 0) is 12.5 Å². The number of nitriles is 3. The number of halogens is 3. The van der Waals surface area contributed by atoms with Gasteiger partial charge in [0.15, 0.2) is 11.3 Å². The summed E-state index contributed by atoms with van der Waals surface area (Å²) in [5.41, 5.74) is -4.24. The molecule has 0 saturated heterocycles. The van der Waals surface area contributed by atoms with Crippen LogP contribution in [0.25, 0.3) is 5.57 Å². The zero-order valence-electron chi connectivity index (χ0n) is 11.8. The molecule has 1 aliphatic rings. The Kier molecular flexibility index (Phi) is 3.87. The molecular formula is C16H8F3N3O. The first kappa shape index (κ1) is 16.1. The van der Waals surface area contributed by atoms with Gasteiger partial charge in [0.1, 0.15) is 23.8 Å². The molecule has 4 nitrogen and oxygen atoms in total. The van der Waals surface area contributed by atoms with Crippen molar-refractivity contribution in [2.75, 3.05) is 0 Å². The van der Waals surface area contributed by atoms with Gasteiger partial charge in [-0.3, -0.25) is 0 Å². The largest absolute Gasteiger partial charge is 0.470 e. The van der Waals surface area contributed by atoms with E-state index in [9.17, 15) is 18.4 Å². The third kappa shape index (κ3) is 2.41.